The predicted molar refractivity (Wildman–Crippen MR) is 98.6 cm³/mol. The fraction of sp³-hybridized carbons (Fsp3) is 0.588. The lowest BCUT2D eigenvalue weighted by molar-refractivity contribution is -0.123. The summed E-state index contributed by atoms with van der Waals surface area (Å²) in [5.74, 6) is -0.109. The summed E-state index contributed by atoms with van der Waals surface area (Å²) in [6, 6.07) is 6.10. The van der Waals surface area contributed by atoms with E-state index in [1.54, 1.807) is 6.92 Å². The zero-order valence-electron chi connectivity index (χ0n) is 14.0. The molecule has 3 rings (SSSR count). The normalized spacial score (nSPS) is 24.9. The summed E-state index contributed by atoms with van der Waals surface area (Å²) in [4.78, 5) is 15.0. The number of rotatable bonds is 3. The van der Waals surface area contributed by atoms with Crippen LogP contribution in [0.1, 0.15) is 32.3 Å². The molecule has 1 fully saturated rings. The first-order valence-corrected chi connectivity index (χ1v) is 10.8. The Morgan fingerprint density at radius 3 is 2.83 bits per heavy atom. The summed E-state index contributed by atoms with van der Waals surface area (Å²) in [5, 5.41) is 0. The van der Waals surface area contributed by atoms with Crippen molar-refractivity contribution in [2.75, 3.05) is 23.7 Å². The van der Waals surface area contributed by atoms with E-state index in [1.807, 2.05) is 17.0 Å². The lowest BCUT2D eigenvalue weighted by atomic mass is 9.97. The van der Waals surface area contributed by atoms with Crippen molar-refractivity contribution in [1.29, 1.82) is 0 Å². The van der Waals surface area contributed by atoms with Gasteiger partial charge in [-0.2, -0.15) is 0 Å². The average molecular weight is 415 g/mol. The highest BCUT2D eigenvalue weighted by Gasteiger charge is 2.38. The van der Waals surface area contributed by atoms with Gasteiger partial charge in [-0.25, -0.2) is 12.7 Å². The Balaban J connectivity index is 1.82. The van der Waals surface area contributed by atoms with Crippen LogP contribution in [-0.2, 0) is 21.2 Å². The minimum atomic E-state index is -3.23. The number of carbonyl (C=O) groups is 1. The van der Waals surface area contributed by atoms with Gasteiger partial charge in [-0.3, -0.25) is 4.79 Å². The van der Waals surface area contributed by atoms with Crippen LogP contribution in [0.4, 0.5) is 5.69 Å². The van der Waals surface area contributed by atoms with Crippen molar-refractivity contribution >= 4 is 37.5 Å². The summed E-state index contributed by atoms with van der Waals surface area (Å²) in [5.41, 5.74) is 2.13. The first kappa shape index (κ1) is 17.9. The van der Waals surface area contributed by atoms with Crippen LogP contribution >= 0.6 is 15.9 Å². The second-order valence-electron chi connectivity index (χ2n) is 6.63. The molecule has 0 N–H and O–H groups in total. The molecular weight excluding hydrogens is 392 g/mol. The molecule has 1 aromatic carbocycles. The first-order valence-electron chi connectivity index (χ1n) is 8.43. The van der Waals surface area contributed by atoms with Crippen LogP contribution in [0.15, 0.2) is 22.7 Å². The van der Waals surface area contributed by atoms with E-state index in [-0.39, 0.29) is 23.6 Å². The number of anilines is 1. The third-order valence-electron chi connectivity index (χ3n) is 4.99. The maximum absolute atomic E-state index is 13.1. The van der Waals surface area contributed by atoms with Gasteiger partial charge in [0.05, 0.1) is 11.7 Å². The van der Waals surface area contributed by atoms with Crippen molar-refractivity contribution in [2.24, 2.45) is 5.92 Å². The van der Waals surface area contributed by atoms with Crippen molar-refractivity contribution in [2.45, 2.75) is 39.2 Å². The van der Waals surface area contributed by atoms with E-state index in [1.165, 1.54) is 9.87 Å². The molecule has 0 aromatic heterocycles. The summed E-state index contributed by atoms with van der Waals surface area (Å²) in [7, 11) is -3.23. The highest BCUT2D eigenvalue weighted by Crippen LogP contribution is 2.36. The van der Waals surface area contributed by atoms with Crippen LogP contribution in [-0.4, -0.2) is 43.5 Å². The highest BCUT2D eigenvalue weighted by atomic mass is 79.9. The molecule has 132 valence electrons. The zero-order valence-corrected chi connectivity index (χ0v) is 16.4. The number of carbonyl (C=O) groups excluding carboxylic acids is 1. The number of amides is 1. The van der Waals surface area contributed by atoms with Crippen molar-refractivity contribution in [3.05, 3.63) is 28.2 Å². The second-order valence-corrected chi connectivity index (χ2v) is 9.81. The van der Waals surface area contributed by atoms with Gasteiger partial charge in [0.2, 0.25) is 15.9 Å². The van der Waals surface area contributed by atoms with E-state index in [0.29, 0.717) is 13.1 Å². The van der Waals surface area contributed by atoms with Gasteiger partial charge in [-0.1, -0.05) is 15.9 Å². The van der Waals surface area contributed by atoms with E-state index in [0.717, 1.165) is 29.4 Å². The number of hydrogen-bond donors (Lipinski definition) is 0. The Morgan fingerprint density at radius 2 is 2.12 bits per heavy atom. The molecule has 2 atom stereocenters. The number of nitrogens with zero attached hydrogens (tertiary/aromatic N) is 2. The Hall–Kier alpha value is -0.920. The van der Waals surface area contributed by atoms with Crippen LogP contribution in [0.25, 0.3) is 0 Å². The van der Waals surface area contributed by atoms with Crippen molar-refractivity contribution < 1.29 is 13.2 Å². The van der Waals surface area contributed by atoms with E-state index in [2.05, 4.69) is 28.9 Å². The molecule has 1 saturated heterocycles. The van der Waals surface area contributed by atoms with Gasteiger partial charge in [0.1, 0.15) is 0 Å². The number of piperidine rings is 1. The molecular formula is C17H23BrN2O3S. The van der Waals surface area contributed by atoms with Crippen LogP contribution in [0, 0.1) is 5.92 Å². The molecule has 7 heteroatoms. The Labute approximate surface area is 152 Å². The third kappa shape index (κ3) is 3.26. The fourth-order valence-corrected chi connectivity index (χ4v) is 5.30. The molecule has 2 aliphatic heterocycles. The number of hydrogen-bond acceptors (Lipinski definition) is 3. The zero-order chi connectivity index (χ0) is 17.5. The minimum Gasteiger partial charge on any atom is -0.309 e. The van der Waals surface area contributed by atoms with Gasteiger partial charge in [0.15, 0.2) is 0 Å². The predicted octanol–water partition coefficient (Wildman–Crippen LogP) is 2.79. The average Bonchev–Trinajstić information content (AvgIpc) is 2.89. The van der Waals surface area contributed by atoms with Crippen LogP contribution < -0.4 is 4.90 Å². The van der Waals surface area contributed by atoms with Gasteiger partial charge in [-0.05, 0) is 56.9 Å². The van der Waals surface area contributed by atoms with Crippen molar-refractivity contribution in [3.63, 3.8) is 0 Å². The largest absolute Gasteiger partial charge is 0.309 e. The molecule has 0 radical (unpaired) electrons. The Kier molecular flexibility index (Phi) is 5.04. The standard InChI is InChI=1S/C17H23BrN2O3S/c1-3-24(22,23)19-8-4-5-13(11-19)17(21)20-12(2)9-14-10-15(18)6-7-16(14)20/h6-7,10,12-13H,3-5,8-9,11H2,1-2H3. The molecule has 0 spiro atoms. The van der Waals surface area contributed by atoms with Crippen LogP contribution in [0.2, 0.25) is 0 Å². The van der Waals surface area contributed by atoms with Gasteiger partial charge in [-0.15, -0.1) is 0 Å². The summed E-state index contributed by atoms with van der Waals surface area (Å²) < 4.78 is 26.8. The highest BCUT2D eigenvalue weighted by molar-refractivity contribution is 9.10. The van der Waals surface area contributed by atoms with Crippen LogP contribution in [0.5, 0.6) is 0 Å². The van der Waals surface area contributed by atoms with Crippen molar-refractivity contribution in [1.82, 2.24) is 4.31 Å². The molecule has 5 nitrogen and oxygen atoms in total. The summed E-state index contributed by atoms with van der Waals surface area (Å²) >= 11 is 3.48. The van der Waals surface area contributed by atoms with Gasteiger partial charge >= 0.3 is 0 Å². The fourth-order valence-electron chi connectivity index (χ4n) is 3.71. The lowest BCUT2D eigenvalue weighted by Gasteiger charge is -2.34. The number of halogens is 1. The summed E-state index contributed by atoms with van der Waals surface area (Å²) in [6.07, 6.45) is 2.33. The smallest absolute Gasteiger partial charge is 0.231 e. The molecule has 0 aliphatic carbocycles. The van der Waals surface area contributed by atoms with Crippen LogP contribution in [0.3, 0.4) is 0 Å². The van der Waals surface area contributed by atoms with E-state index >= 15 is 0 Å². The Morgan fingerprint density at radius 1 is 1.38 bits per heavy atom. The molecule has 2 unspecified atom stereocenters. The maximum atomic E-state index is 13.1. The third-order valence-corrected chi connectivity index (χ3v) is 7.33. The van der Waals surface area contributed by atoms with E-state index in [4.69, 9.17) is 0 Å². The van der Waals surface area contributed by atoms with Gasteiger partial charge in [0, 0.05) is 29.3 Å². The Bertz CT molecular complexity index is 750. The van der Waals surface area contributed by atoms with Crippen molar-refractivity contribution in [3.8, 4) is 0 Å². The monoisotopic (exact) mass is 414 g/mol. The second kappa shape index (κ2) is 6.77. The van der Waals surface area contributed by atoms with Gasteiger partial charge < -0.3 is 4.90 Å². The minimum absolute atomic E-state index is 0.0552. The lowest BCUT2D eigenvalue weighted by Crippen LogP contribution is -2.48. The molecule has 1 amide bonds. The molecule has 2 heterocycles. The topological polar surface area (TPSA) is 57.7 Å². The number of sulfonamides is 1. The summed E-state index contributed by atoms with van der Waals surface area (Å²) in [6.45, 7) is 4.54. The molecule has 0 saturated carbocycles. The van der Waals surface area contributed by atoms with Gasteiger partial charge in [0.25, 0.3) is 0 Å². The quantitative estimate of drug-likeness (QED) is 0.763. The first-order chi connectivity index (χ1) is 11.3. The van der Waals surface area contributed by atoms with E-state index in [9.17, 15) is 13.2 Å². The molecule has 24 heavy (non-hydrogen) atoms. The van der Waals surface area contributed by atoms with E-state index < -0.39 is 10.0 Å². The molecule has 2 aliphatic rings. The molecule has 0 bridgehead atoms. The molecule has 1 aromatic rings. The number of benzene rings is 1. The SMILES string of the molecule is CCS(=O)(=O)N1CCCC(C(=O)N2c3ccc(Br)cc3CC2C)C1. The maximum Gasteiger partial charge on any atom is 0.231 e. The number of fused-ring (bicyclic) bond motifs is 1.